The van der Waals surface area contributed by atoms with Gasteiger partial charge in [-0.3, -0.25) is 4.79 Å². The smallest absolute Gasteiger partial charge is 0.256 e. The van der Waals surface area contributed by atoms with E-state index < -0.39 is 17.8 Å². The molecule has 0 saturated carbocycles. The maximum atomic E-state index is 14.6. The summed E-state index contributed by atoms with van der Waals surface area (Å²) in [7, 11) is 0. The molecule has 10 nitrogen and oxygen atoms in total. The van der Waals surface area contributed by atoms with E-state index in [-0.39, 0.29) is 17.5 Å². The molecule has 4 aromatic rings. The maximum absolute atomic E-state index is 14.6. The average Bonchev–Trinajstić information content (AvgIpc) is 3.50. The number of nitriles is 1. The molecule has 1 amide bonds. The van der Waals surface area contributed by atoms with E-state index >= 15 is 0 Å². The first kappa shape index (κ1) is 25.1. The molecule has 39 heavy (non-hydrogen) atoms. The lowest BCUT2D eigenvalue weighted by atomic mass is 9.97. The summed E-state index contributed by atoms with van der Waals surface area (Å²) in [5.74, 6) is -0.571. The number of carbonyl (C=O) groups excluding carboxylic acids is 1. The van der Waals surface area contributed by atoms with Gasteiger partial charge in [-0.15, -0.1) is 0 Å². The summed E-state index contributed by atoms with van der Waals surface area (Å²) in [6.07, 6.45) is 3.66. The van der Waals surface area contributed by atoms with Crippen LogP contribution in [0.25, 0.3) is 16.7 Å². The number of aryl methyl sites for hydroxylation is 3. The minimum Gasteiger partial charge on any atom is -0.390 e. The number of benzene rings is 1. The monoisotopic (exact) mass is 528 g/mol. The summed E-state index contributed by atoms with van der Waals surface area (Å²) in [5, 5.41) is 24.3. The number of fused-ring (bicyclic) bond motifs is 2. The zero-order chi connectivity index (χ0) is 27.4. The van der Waals surface area contributed by atoms with E-state index in [2.05, 4.69) is 16.0 Å². The number of carbonyl (C=O) groups is 1. The predicted octanol–water partition coefficient (Wildman–Crippen LogP) is 3.42. The molecule has 1 N–H and O–H groups in total. The van der Waals surface area contributed by atoms with Crippen LogP contribution in [0, 0.1) is 43.8 Å². The third-order valence-electron chi connectivity index (χ3n) is 7.86. The molecule has 0 unspecified atom stereocenters. The lowest BCUT2D eigenvalue weighted by Gasteiger charge is -2.35. The lowest BCUT2D eigenvalue weighted by Crippen LogP contribution is -2.39. The number of β-amino-alcohol motifs (C(OH)–C–C–N with tert-alkyl or cyclic N) is 1. The van der Waals surface area contributed by atoms with Gasteiger partial charge < -0.3 is 14.9 Å². The van der Waals surface area contributed by atoms with Crippen LogP contribution in [0.3, 0.4) is 0 Å². The first-order valence-electron chi connectivity index (χ1n) is 13.2. The summed E-state index contributed by atoms with van der Waals surface area (Å²) in [6, 6.07) is 6.30. The van der Waals surface area contributed by atoms with E-state index in [1.54, 1.807) is 9.42 Å². The lowest BCUT2D eigenvalue weighted by molar-refractivity contribution is 0.0607. The van der Waals surface area contributed by atoms with Crippen LogP contribution in [0.1, 0.15) is 58.3 Å². The van der Waals surface area contributed by atoms with E-state index in [9.17, 15) is 19.6 Å². The van der Waals surface area contributed by atoms with Gasteiger partial charge in [0, 0.05) is 43.5 Å². The summed E-state index contributed by atoms with van der Waals surface area (Å²) in [6.45, 7) is 6.84. The molecule has 200 valence electrons. The first-order valence-corrected chi connectivity index (χ1v) is 13.2. The quantitative estimate of drug-likeness (QED) is 0.429. The second-order valence-corrected chi connectivity index (χ2v) is 10.6. The molecular formula is C28H29FN8O2. The fraction of sp³-hybridized carbons (Fsp3) is 0.429. The fourth-order valence-electron chi connectivity index (χ4n) is 5.69. The number of aliphatic hydroxyl groups excluding tert-OH is 1. The number of hydrogen-bond donors (Lipinski definition) is 1. The molecule has 6 rings (SSSR count). The van der Waals surface area contributed by atoms with Crippen molar-refractivity contribution in [2.45, 2.75) is 52.2 Å². The highest BCUT2D eigenvalue weighted by Crippen LogP contribution is 2.34. The van der Waals surface area contributed by atoms with Gasteiger partial charge in [0.1, 0.15) is 17.2 Å². The maximum Gasteiger partial charge on any atom is 0.256 e. The van der Waals surface area contributed by atoms with Gasteiger partial charge in [0.15, 0.2) is 5.65 Å². The molecule has 0 radical (unpaired) electrons. The van der Waals surface area contributed by atoms with Crippen molar-refractivity contribution in [3.05, 3.63) is 58.4 Å². The van der Waals surface area contributed by atoms with Crippen molar-refractivity contribution in [1.82, 2.24) is 29.5 Å². The molecule has 3 aromatic heterocycles. The second-order valence-electron chi connectivity index (χ2n) is 10.6. The van der Waals surface area contributed by atoms with Gasteiger partial charge in [0.2, 0.25) is 0 Å². The molecule has 0 spiro atoms. The highest BCUT2D eigenvalue weighted by atomic mass is 19.1. The number of aliphatic hydroxyl groups is 1. The second kappa shape index (κ2) is 9.54. The van der Waals surface area contributed by atoms with Gasteiger partial charge in [0.25, 0.3) is 5.91 Å². The van der Waals surface area contributed by atoms with Crippen LogP contribution >= 0.6 is 0 Å². The van der Waals surface area contributed by atoms with Gasteiger partial charge in [-0.1, -0.05) is 0 Å². The zero-order valence-electron chi connectivity index (χ0n) is 22.1. The number of amides is 1. The van der Waals surface area contributed by atoms with Crippen molar-refractivity contribution in [3.8, 4) is 6.07 Å². The molecule has 2 aliphatic rings. The van der Waals surface area contributed by atoms with Crippen LogP contribution in [0.5, 0.6) is 0 Å². The number of hydrogen-bond acceptors (Lipinski definition) is 8. The van der Waals surface area contributed by atoms with E-state index in [0.717, 1.165) is 24.8 Å². The predicted molar refractivity (Wildman–Crippen MR) is 142 cm³/mol. The fourth-order valence-corrected chi connectivity index (χ4v) is 5.69. The summed E-state index contributed by atoms with van der Waals surface area (Å²) >= 11 is 0. The minimum atomic E-state index is -0.717. The van der Waals surface area contributed by atoms with Crippen LogP contribution in [0.4, 0.5) is 10.2 Å². The van der Waals surface area contributed by atoms with Gasteiger partial charge in [-0.25, -0.2) is 23.9 Å². The molecule has 1 aromatic carbocycles. The van der Waals surface area contributed by atoms with Crippen molar-refractivity contribution in [2.24, 2.45) is 5.92 Å². The Kier molecular flexibility index (Phi) is 6.14. The minimum absolute atomic E-state index is 0.201. The Bertz CT molecular complexity index is 1660. The van der Waals surface area contributed by atoms with Crippen LogP contribution in [0.2, 0.25) is 0 Å². The Hall–Kier alpha value is -4.17. The van der Waals surface area contributed by atoms with Crippen molar-refractivity contribution in [3.63, 3.8) is 0 Å². The van der Waals surface area contributed by atoms with Crippen molar-refractivity contribution < 1.29 is 14.3 Å². The Morgan fingerprint density at radius 1 is 1.10 bits per heavy atom. The molecule has 2 saturated heterocycles. The standard InChI is InChI=1S/C28H29FN8O2/c1-15-12-37-25(33-27(15)35-13-18(11-30)24(38)14-35)10-21(34-37)23-6-4-5-7-36(23)28(39)20-8-19(29)9-22-26(20)32-17(3)16(2)31-22/h8-10,12,18,23-24,38H,4-7,13-14H2,1-3H3/t18-,23+,24+/m1/s1. The van der Waals surface area contributed by atoms with Crippen LogP contribution in [0.15, 0.2) is 24.4 Å². The van der Waals surface area contributed by atoms with Gasteiger partial charge in [-0.05, 0) is 46.1 Å². The molecular weight excluding hydrogens is 499 g/mol. The van der Waals surface area contributed by atoms with Crippen LogP contribution in [-0.2, 0) is 0 Å². The van der Waals surface area contributed by atoms with E-state index in [0.29, 0.717) is 59.2 Å². The SMILES string of the molecule is Cc1cn2nc([C@@H]3CCCCN3C(=O)c3cc(F)cc4nc(C)c(C)nc34)cc2nc1N1C[C@@H](C#N)[C@@H](O)C1. The number of aromatic nitrogens is 5. The van der Waals surface area contributed by atoms with Gasteiger partial charge in [-0.2, -0.15) is 10.4 Å². The molecule has 3 atom stereocenters. The number of likely N-dealkylation sites (tertiary alicyclic amines) is 1. The van der Waals surface area contributed by atoms with Gasteiger partial charge >= 0.3 is 0 Å². The Morgan fingerprint density at radius 3 is 2.67 bits per heavy atom. The molecule has 5 heterocycles. The molecule has 2 aliphatic heterocycles. The Labute approximate surface area is 224 Å². The number of nitrogens with zero attached hydrogens (tertiary/aromatic N) is 8. The first-order chi connectivity index (χ1) is 18.7. The highest BCUT2D eigenvalue weighted by molar-refractivity contribution is 6.05. The number of piperidine rings is 1. The number of halogens is 1. The summed E-state index contributed by atoms with van der Waals surface area (Å²) < 4.78 is 16.3. The van der Waals surface area contributed by atoms with E-state index in [4.69, 9.17) is 10.1 Å². The van der Waals surface area contributed by atoms with Crippen molar-refractivity contribution in [1.29, 1.82) is 5.26 Å². The normalized spacial score (nSPS) is 21.6. The molecule has 0 bridgehead atoms. The number of rotatable bonds is 3. The number of anilines is 1. The van der Waals surface area contributed by atoms with Gasteiger partial charge in [0.05, 0.1) is 52.3 Å². The average molecular weight is 529 g/mol. The van der Waals surface area contributed by atoms with Crippen molar-refractivity contribution >= 4 is 28.4 Å². The summed E-state index contributed by atoms with van der Waals surface area (Å²) in [5.41, 5.74) is 4.55. The van der Waals surface area contributed by atoms with E-state index in [1.165, 1.54) is 12.1 Å². The van der Waals surface area contributed by atoms with E-state index in [1.807, 2.05) is 37.9 Å². The zero-order valence-corrected chi connectivity index (χ0v) is 22.1. The topological polar surface area (TPSA) is 124 Å². The van der Waals surface area contributed by atoms with Crippen LogP contribution in [-0.4, -0.2) is 66.2 Å². The third-order valence-corrected chi connectivity index (χ3v) is 7.86. The molecule has 0 aliphatic carbocycles. The van der Waals surface area contributed by atoms with Crippen LogP contribution < -0.4 is 4.90 Å². The largest absolute Gasteiger partial charge is 0.390 e. The summed E-state index contributed by atoms with van der Waals surface area (Å²) in [4.78, 5) is 31.5. The Balaban J connectivity index is 1.36. The van der Waals surface area contributed by atoms with Crippen molar-refractivity contribution in [2.75, 3.05) is 24.5 Å². The molecule has 2 fully saturated rings. The molecule has 11 heteroatoms. The Morgan fingerprint density at radius 2 is 1.90 bits per heavy atom. The third kappa shape index (κ3) is 4.34. The highest BCUT2D eigenvalue weighted by Gasteiger charge is 2.34.